The number of benzene rings is 2. The van der Waals surface area contributed by atoms with Crippen LogP contribution in [0.25, 0.3) is 0 Å². The Labute approximate surface area is 198 Å². The van der Waals surface area contributed by atoms with Crippen LogP contribution in [0.15, 0.2) is 36.4 Å². The molecule has 1 aliphatic rings. The normalized spacial score (nSPS) is 16.0. The van der Waals surface area contributed by atoms with E-state index in [0.29, 0.717) is 32.1 Å². The molecule has 188 valence electrons. The number of nitrogen functional groups attached to an aromatic ring is 1. The molecule has 0 radical (unpaired) electrons. The number of nitrogens with one attached hydrogen (secondary N) is 3. The lowest BCUT2D eigenvalue weighted by Gasteiger charge is -2.18. The molecule has 2 aromatic carbocycles. The summed E-state index contributed by atoms with van der Waals surface area (Å²) in [4.78, 5) is 37.6. The number of primary amides is 1. The van der Waals surface area contributed by atoms with Gasteiger partial charge in [-0.15, -0.1) is 0 Å². The van der Waals surface area contributed by atoms with Gasteiger partial charge in [-0.25, -0.2) is 4.79 Å². The van der Waals surface area contributed by atoms with Gasteiger partial charge >= 0.3 is 12.2 Å². The summed E-state index contributed by atoms with van der Waals surface area (Å²) in [6, 6.07) is 6.15. The minimum Gasteiger partial charge on any atom is -0.506 e. The minimum atomic E-state index is -4.63. The fourth-order valence-corrected chi connectivity index (χ4v) is 3.73. The molecule has 1 atom stereocenters. The number of nitrogens with zero attached hydrogens (tertiary/aromatic N) is 1. The van der Waals surface area contributed by atoms with Gasteiger partial charge in [0.05, 0.1) is 23.4 Å². The van der Waals surface area contributed by atoms with E-state index in [-0.39, 0.29) is 28.7 Å². The highest BCUT2D eigenvalue weighted by atomic mass is 19.4. The smallest absolute Gasteiger partial charge is 0.416 e. The van der Waals surface area contributed by atoms with Crippen LogP contribution in [0.3, 0.4) is 0 Å². The number of alkyl halides is 3. The average molecular weight is 494 g/mol. The second-order valence-corrected chi connectivity index (χ2v) is 8.11. The van der Waals surface area contributed by atoms with Gasteiger partial charge in [0.2, 0.25) is 5.91 Å². The molecular weight excluding hydrogens is 469 g/mol. The summed E-state index contributed by atoms with van der Waals surface area (Å²) in [5.41, 5.74) is 10.2. The number of carbonyl (C=O) groups excluding carboxylic acids is 3. The quantitative estimate of drug-likeness (QED) is 0.253. The third-order valence-electron chi connectivity index (χ3n) is 5.40. The monoisotopic (exact) mass is 494 g/mol. The first-order valence-electron chi connectivity index (χ1n) is 10.6. The van der Waals surface area contributed by atoms with Crippen molar-refractivity contribution >= 4 is 29.2 Å². The molecule has 35 heavy (non-hydrogen) atoms. The second-order valence-electron chi connectivity index (χ2n) is 8.11. The molecule has 4 amide bonds. The predicted octanol–water partition coefficient (Wildman–Crippen LogP) is 1.60. The molecule has 1 unspecified atom stereocenters. The van der Waals surface area contributed by atoms with Crippen molar-refractivity contribution in [3.8, 4) is 5.75 Å². The number of hydrogen-bond donors (Lipinski definition) is 6. The molecule has 1 fully saturated rings. The zero-order chi connectivity index (χ0) is 25.8. The Morgan fingerprint density at radius 2 is 1.89 bits per heavy atom. The number of urea groups is 1. The van der Waals surface area contributed by atoms with E-state index in [4.69, 9.17) is 11.5 Å². The van der Waals surface area contributed by atoms with Crippen LogP contribution in [-0.4, -0.2) is 53.5 Å². The first kappa shape index (κ1) is 25.6. The van der Waals surface area contributed by atoms with Crippen molar-refractivity contribution in [3.05, 3.63) is 53.1 Å². The van der Waals surface area contributed by atoms with Crippen molar-refractivity contribution < 1.29 is 32.7 Å². The molecule has 0 aliphatic carbocycles. The van der Waals surface area contributed by atoms with Crippen LogP contribution in [0, 0.1) is 0 Å². The highest BCUT2D eigenvalue weighted by molar-refractivity contribution is 6.00. The number of carbonyl (C=O) groups is 3. The van der Waals surface area contributed by atoms with Gasteiger partial charge in [0.15, 0.2) is 0 Å². The van der Waals surface area contributed by atoms with Gasteiger partial charge in [-0.1, -0.05) is 6.07 Å². The van der Waals surface area contributed by atoms with Crippen LogP contribution < -0.4 is 27.4 Å². The summed E-state index contributed by atoms with van der Waals surface area (Å²) >= 11 is 0. The Bertz CT molecular complexity index is 1120. The van der Waals surface area contributed by atoms with E-state index in [9.17, 15) is 32.7 Å². The molecule has 1 saturated heterocycles. The van der Waals surface area contributed by atoms with Gasteiger partial charge in [-0.2, -0.15) is 13.2 Å². The van der Waals surface area contributed by atoms with Gasteiger partial charge < -0.3 is 32.5 Å². The standard InChI is InChI=1S/C22H25F3N6O4/c23-22(24,25)13-2-3-16(26)15(8-13)20(34)28-9-19(33)29-14-5-6-31(11-14)10-12-1-4-18(32)17(7-12)30-21(27)35/h1-4,7-8,14,32H,5-6,9-11,26H2,(H,28,34)(H,29,33)(H3,27,30,35). The van der Waals surface area contributed by atoms with Gasteiger partial charge in [-0.05, 0) is 42.3 Å². The van der Waals surface area contributed by atoms with E-state index in [1.54, 1.807) is 12.1 Å². The molecule has 0 spiro atoms. The average Bonchev–Trinajstić information content (AvgIpc) is 3.20. The zero-order valence-corrected chi connectivity index (χ0v) is 18.5. The Morgan fingerprint density at radius 3 is 2.57 bits per heavy atom. The lowest BCUT2D eigenvalue weighted by Crippen LogP contribution is -2.43. The fraction of sp³-hybridized carbons (Fsp3) is 0.318. The number of nitrogens with two attached hydrogens (primary N) is 2. The van der Waals surface area contributed by atoms with E-state index >= 15 is 0 Å². The summed E-state index contributed by atoms with van der Waals surface area (Å²) < 4.78 is 38.7. The van der Waals surface area contributed by atoms with E-state index in [1.165, 1.54) is 6.07 Å². The van der Waals surface area contributed by atoms with E-state index in [2.05, 4.69) is 16.0 Å². The highest BCUT2D eigenvalue weighted by Gasteiger charge is 2.31. The maximum Gasteiger partial charge on any atom is 0.416 e. The van der Waals surface area contributed by atoms with Crippen molar-refractivity contribution in [1.29, 1.82) is 0 Å². The van der Waals surface area contributed by atoms with E-state index < -0.39 is 36.1 Å². The fourth-order valence-electron chi connectivity index (χ4n) is 3.73. The van der Waals surface area contributed by atoms with Crippen LogP contribution in [0.1, 0.15) is 27.9 Å². The van der Waals surface area contributed by atoms with E-state index in [1.807, 2.05) is 4.90 Å². The predicted molar refractivity (Wildman–Crippen MR) is 121 cm³/mol. The molecule has 0 saturated carbocycles. The van der Waals surface area contributed by atoms with Crippen molar-refractivity contribution in [2.45, 2.75) is 25.2 Å². The minimum absolute atomic E-state index is 0.118. The molecule has 1 heterocycles. The van der Waals surface area contributed by atoms with Crippen molar-refractivity contribution in [3.63, 3.8) is 0 Å². The summed E-state index contributed by atoms with van der Waals surface area (Å²) in [6.07, 6.45) is -3.99. The molecule has 0 bridgehead atoms. The Hall–Kier alpha value is -4.00. The number of hydrogen-bond acceptors (Lipinski definition) is 6. The molecule has 2 aromatic rings. The molecule has 8 N–H and O–H groups in total. The summed E-state index contributed by atoms with van der Waals surface area (Å²) in [7, 11) is 0. The second kappa shape index (κ2) is 10.5. The molecule has 3 rings (SSSR count). The number of aromatic hydroxyl groups is 1. The maximum absolute atomic E-state index is 12.9. The molecule has 1 aliphatic heterocycles. The molecule has 13 heteroatoms. The summed E-state index contributed by atoms with van der Waals surface area (Å²) in [6.45, 7) is 1.24. The summed E-state index contributed by atoms with van der Waals surface area (Å²) in [5.74, 6) is -1.49. The van der Waals surface area contributed by atoms with Gasteiger partial charge in [0.1, 0.15) is 5.75 Å². The lowest BCUT2D eigenvalue weighted by atomic mass is 10.1. The number of amides is 4. The number of rotatable bonds is 7. The van der Waals surface area contributed by atoms with Crippen molar-refractivity contribution in [2.75, 3.05) is 30.7 Å². The van der Waals surface area contributed by atoms with Gasteiger partial charge in [0, 0.05) is 31.4 Å². The molecule has 0 aromatic heterocycles. The van der Waals surface area contributed by atoms with Crippen LogP contribution >= 0.6 is 0 Å². The van der Waals surface area contributed by atoms with Crippen LogP contribution in [0.2, 0.25) is 0 Å². The van der Waals surface area contributed by atoms with E-state index in [0.717, 1.165) is 17.7 Å². The number of halogens is 3. The van der Waals surface area contributed by atoms with Crippen molar-refractivity contribution in [1.82, 2.24) is 15.5 Å². The first-order chi connectivity index (χ1) is 16.4. The SMILES string of the molecule is NC(=O)Nc1cc(CN2CCC(NC(=O)CNC(=O)c3cc(C(F)(F)F)ccc3N)C2)ccc1O. The maximum atomic E-state index is 12.9. The Morgan fingerprint density at radius 1 is 1.14 bits per heavy atom. The number of phenolic OH excluding ortho intramolecular Hbond substituents is 1. The largest absolute Gasteiger partial charge is 0.506 e. The Kier molecular flexibility index (Phi) is 7.69. The zero-order valence-electron chi connectivity index (χ0n) is 18.5. The van der Waals surface area contributed by atoms with Crippen LogP contribution in [0.4, 0.5) is 29.3 Å². The molecule has 10 nitrogen and oxygen atoms in total. The number of likely N-dealkylation sites (tertiary alicyclic amines) is 1. The summed E-state index contributed by atoms with van der Waals surface area (Å²) in [5, 5.41) is 17.2. The van der Waals surface area contributed by atoms with Crippen molar-refractivity contribution in [2.24, 2.45) is 5.73 Å². The lowest BCUT2D eigenvalue weighted by molar-refractivity contribution is -0.137. The number of anilines is 2. The van der Waals surface area contributed by atoms with Crippen LogP contribution in [0.5, 0.6) is 5.75 Å². The number of phenols is 1. The topological polar surface area (TPSA) is 163 Å². The Balaban J connectivity index is 1.49. The highest BCUT2D eigenvalue weighted by Crippen LogP contribution is 2.31. The first-order valence-corrected chi connectivity index (χ1v) is 10.6. The van der Waals surface area contributed by atoms with Crippen LogP contribution in [-0.2, 0) is 17.5 Å². The third-order valence-corrected chi connectivity index (χ3v) is 5.40. The van der Waals surface area contributed by atoms with Gasteiger partial charge in [-0.3, -0.25) is 14.5 Å². The third kappa shape index (κ3) is 6.99. The molecular formula is C22H25F3N6O4. The van der Waals surface area contributed by atoms with Gasteiger partial charge in [0.25, 0.3) is 5.91 Å².